The van der Waals surface area contributed by atoms with Gasteiger partial charge in [-0.05, 0) is 13.8 Å². The summed E-state index contributed by atoms with van der Waals surface area (Å²) in [6.07, 6.45) is 0. The molecule has 0 fully saturated rings. The molecule has 0 aromatic rings. The van der Waals surface area contributed by atoms with Gasteiger partial charge in [-0.1, -0.05) is 5.92 Å². The van der Waals surface area contributed by atoms with Crippen LogP contribution >= 0.6 is 0 Å². The zero-order valence-corrected chi connectivity index (χ0v) is 7.26. The second kappa shape index (κ2) is 3.77. The van der Waals surface area contributed by atoms with E-state index in [9.17, 15) is 9.59 Å². The highest BCUT2D eigenvalue weighted by molar-refractivity contribution is 5.87. The van der Waals surface area contributed by atoms with Crippen LogP contribution in [0.3, 0.4) is 0 Å². The summed E-state index contributed by atoms with van der Waals surface area (Å²) >= 11 is 0. The third kappa shape index (κ3) is 5.30. The summed E-state index contributed by atoms with van der Waals surface area (Å²) in [7, 11) is 0. The molecule has 0 bridgehead atoms. The number of carbonyl (C=O) groups excluding carboxylic acids is 1. The molecule has 0 aliphatic rings. The molecule has 0 aromatic heterocycles. The highest BCUT2D eigenvalue weighted by Crippen LogP contribution is 1.98. The second-order valence-corrected chi connectivity index (χ2v) is 2.86. The van der Waals surface area contributed by atoms with Gasteiger partial charge < -0.3 is 10.4 Å². The molecule has 12 heavy (non-hydrogen) atoms. The van der Waals surface area contributed by atoms with Crippen LogP contribution in [0.25, 0.3) is 0 Å². The fraction of sp³-hybridized carbons (Fsp3) is 0.500. The van der Waals surface area contributed by atoms with E-state index in [0.29, 0.717) is 0 Å². The Morgan fingerprint density at radius 3 is 2.25 bits per heavy atom. The molecule has 0 aliphatic carbocycles. The fourth-order valence-corrected chi connectivity index (χ4v) is 0.681. The molecule has 0 saturated carbocycles. The van der Waals surface area contributed by atoms with Crippen LogP contribution in [0.5, 0.6) is 0 Å². The molecule has 0 saturated heterocycles. The quantitative estimate of drug-likeness (QED) is 0.542. The third-order valence-electron chi connectivity index (χ3n) is 0.970. The van der Waals surface area contributed by atoms with Gasteiger partial charge in [-0.3, -0.25) is 4.79 Å². The Morgan fingerprint density at radius 1 is 1.42 bits per heavy atom. The number of carbonyl (C=O) groups is 2. The number of hydrogen-bond donors (Lipinski definition) is 2. The molecule has 0 atom stereocenters. The number of carboxylic acid groups (broad SMARTS) is 1. The highest BCUT2D eigenvalue weighted by atomic mass is 16.4. The Kier molecular flexibility index (Phi) is 3.30. The van der Waals surface area contributed by atoms with Gasteiger partial charge in [0, 0.05) is 12.8 Å². The van der Waals surface area contributed by atoms with Crippen LogP contribution in [-0.2, 0) is 9.59 Å². The van der Waals surface area contributed by atoms with Crippen molar-refractivity contribution in [2.45, 2.75) is 26.3 Å². The van der Waals surface area contributed by atoms with Gasteiger partial charge in [-0.25, -0.2) is 4.79 Å². The fourth-order valence-electron chi connectivity index (χ4n) is 0.681. The van der Waals surface area contributed by atoms with Gasteiger partial charge in [-0.15, -0.1) is 0 Å². The molecule has 0 heterocycles. The van der Waals surface area contributed by atoms with Crippen LogP contribution in [-0.4, -0.2) is 22.5 Å². The van der Waals surface area contributed by atoms with E-state index in [2.05, 4.69) is 11.2 Å². The maximum absolute atomic E-state index is 10.6. The molecule has 0 aromatic carbocycles. The van der Waals surface area contributed by atoms with Crippen molar-refractivity contribution in [3.8, 4) is 11.8 Å². The van der Waals surface area contributed by atoms with Crippen LogP contribution in [0.2, 0.25) is 0 Å². The lowest BCUT2D eigenvalue weighted by atomic mass is 10.1. The molecule has 0 rings (SSSR count). The lowest BCUT2D eigenvalue weighted by molar-refractivity contribution is -0.130. The molecule has 0 radical (unpaired) electrons. The summed E-state index contributed by atoms with van der Waals surface area (Å²) in [5.41, 5.74) is -0.787. The highest BCUT2D eigenvalue weighted by Gasteiger charge is 2.14. The topological polar surface area (TPSA) is 66.4 Å². The lowest BCUT2D eigenvalue weighted by Gasteiger charge is -2.17. The predicted molar refractivity (Wildman–Crippen MR) is 43.3 cm³/mol. The Balaban J connectivity index is 4.34. The minimum atomic E-state index is -1.20. The summed E-state index contributed by atoms with van der Waals surface area (Å²) in [5.74, 6) is 2.91. The molecular formula is C8H11NO3. The van der Waals surface area contributed by atoms with Crippen LogP contribution in [0.1, 0.15) is 20.8 Å². The van der Waals surface area contributed by atoms with Crippen molar-refractivity contribution in [3.63, 3.8) is 0 Å². The average molecular weight is 169 g/mol. The number of nitrogens with one attached hydrogen (secondary N) is 1. The first-order chi connectivity index (χ1) is 5.33. The van der Waals surface area contributed by atoms with Crippen molar-refractivity contribution in [1.82, 2.24) is 5.32 Å². The van der Waals surface area contributed by atoms with Crippen LogP contribution in [0.4, 0.5) is 0 Å². The lowest BCUT2D eigenvalue weighted by Crippen LogP contribution is -2.40. The van der Waals surface area contributed by atoms with Gasteiger partial charge in [0.15, 0.2) is 0 Å². The number of hydrogen-bond acceptors (Lipinski definition) is 2. The standard InChI is InChI=1S/C8H11NO3/c1-6(10)9-8(2,3)5-4-7(11)12/h1-3H3,(H,9,10)(H,11,12). The average Bonchev–Trinajstić information content (AvgIpc) is 1.81. The van der Waals surface area contributed by atoms with E-state index in [1.54, 1.807) is 13.8 Å². The molecule has 0 unspecified atom stereocenters. The van der Waals surface area contributed by atoms with Gasteiger partial charge >= 0.3 is 5.97 Å². The van der Waals surface area contributed by atoms with E-state index in [1.165, 1.54) is 6.92 Å². The van der Waals surface area contributed by atoms with E-state index in [-0.39, 0.29) is 5.91 Å². The van der Waals surface area contributed by atoms with Crippen molar-refractivity contribution in [1.29, 1.82) is 0 Å². The number of carboxylic acids is 1. The molecule has 0 aliphatic heterocycles. The zero-order chi connectivity index (χ0) is 9.78. The molecule has 1 amide bonds. The summed E-state index contributed by atoms with van der Waals surface area (Å²) in [6.45, 7) is 4.61. The van der Waals surface area contributed by atoms with E-state index in [0.717, 1.165) is 0 Å². The van der Waals surface area contributed by atoms with Gasteiger partial charge in [0.1, 0.15) is 0 Å². The van der Waals surface area contributed by atoms with Crippen molar-refractivity contribution in [2.75, 3.05) is 0 Å². The largest absolute Gasteiger partial charge is 0.472 e. The zero-order valence-electron chi connectivity index (χ0n) is 7.26. The summed E-state index contributed by atoms with van der Waals surface area (Å²) in [5, 5.41) is 10.7. The normalized spacial score (nSPS) is 9.58. The second-order valence-electron chi connectivity index (χ2n) is 2.86. The Hall–Kier alpha value is -1.50. The van der Waals surface area contributed by atoms with Gasteiger partial charge in [-0.2, -0.15) is 0 Å². The first-order valence-electron chi connectivity index (χ1n) is 3.38. The monoisotopic (exact) mass is 169 g/mol. The third-order valence-corrected chi connectivity index (χ3v) is 0.970. The Labute approximate surface area is 71.0 Å². The summed E-state index contributed by atoms with van der Waals surface area (Å²) in [6, 6.07) is 0. The maximum Gasteiger partial charge on any atom is 0.381 e. The molecule has 4 heteroatoms. The molecule has 0 spiro atoms. The van der Waals surface area contributed by atoms with E-state index in [4.69, 9.17) is 5.11 Å². The van der Waals surface area contributed by atoms with Crippen LogP contribution in [0.15, 0.2) is 0 Å². The van der Waals surface area contributed by atoms with Gasteiger partial charge in [0.05, 0.1) is 5.54 Å². The SMILES string of the molecule is CC(=O)NC(C)(C)C#CC(=O)O. The van der Waals surface area contributed by atoms with E-state index in [1.807, 2.05) is 5.92 Å². The van der Waals surface area contributed by atoms with Crippen molar-refractivity contribution >= 4 is 11.9 Å². The predicted octanol–water partition coefficient (Wildman–Crippen LogP) is -0.0109. The van der Waals surface area contributed by atoms with Crippen LogP contribution in [0, 0.1) is 11.8 Å². The summed E-state index contributed by atoms with van der Waals surface area (Å²) < 4.78 is 0. The van der Waals surface area contributed by atoms with Gasteiger partial charge in [0.25, 0.3) is 0 Å². The van der Waals surface area contributed by atoms with E-state index < -0.39 is 11.5 Å². The summed E-state index contributed by atoms with van der Waals surface area (Å²) in [4.78, 5) is 20.6. The minimum absolute atomic E-state index is 0.236. The van der Waals surface area contributed by atoms with Gasteiger partial charge in [0.2, 0.25) is 5.91 Å². The molecule has 4 nitrogen and oxygen atoms in total. The van der Waals surface area contributed by atoms with Crippen LogP contribution < -0.4 is 5.32 Å². The van der Waals surface area contributed by atoms with E-state index >= 15 is 0 Å². The van der Waals surface area contributed by atoms with Crippen molar-refractivity contribution < 1.29 is 14.7 Å². The molecule has 2 N–H and O–H groups in total. The van der Waals surface area contributed by atoms with Crippen molar-refractivity contribution in [3.05, 3.63) is 0 Å². The number of rotatable bonds is 1. The number of aliphatic carboxylic acids is 1. The minimum Gasteiger partial charge on any atom is -0.472 e. The number of amides is 1. The smallest absolute Gasteiger partial charge is 0.381 e. The Morgan fingerprint density at radius 2 is 1.92 bits per heavy atom. The molecule has 66 valence electrons. The Bertz CT molecular complexity index is 257. The first-order valence-corrected chi connectivity index (χ1v) is 3.38. The first kappa shape index (κ1) is 10.5. The van der Waals surface area contributed by atoms with Crippen molar-refractivity contribution in [2.24, 2.45) is 0 Å². The molecular weight excluding hydrogens is 158 g/mol. The maximum atomic E-state index is 10.6.